The highest BCUT2D eigenvalue weighted by molar-refractivity contribution is 6.30. The SMILES string of the molecule is CCC(CC)N(CCO)C(=O)c1cccc(Cl)c1. The zero-order valence-corrected chi connectivity index (χ0v) is 11.7. The molecule has 0 aliphatic rings. The summed E-state index contributed by atoms with van der Waals surface area (Å²) in [6.07, 6.45) is 1.76. The third-order valence-corrected chi connectivity index (χ3v) is 3.29. The van der Waals surface area contributed by atoms with Gasteiger partial charge in [0.25, 0.3) is 5.91 Å². The number of halogens is 1. The molecule has 0 radical (unpaired) electrons. The number of carbonyl (C=O) groups excluding carboxylic acids is 1. The Morgan fingerprint density at radius 1 is 1.39 bits per heavy atom. The van der Waals surface area contributed by atoms with E-state index in [-0.39, 0.29) is 18.6 Å². The third-order valence-electron chi connectivity index (χ3n) is 3.06. The van der Waals surface area contributed by atoms with Crippen molar-refractivity contribution in [2.75, 3.05) is 13.2 Å². The van der Waals surface area contributed by atoms with E-state index in [0.29, 0.717) is 17.1 Å². The summed E-state index contributed by atoms with van der Waals surface area (Å²) in [5.74, 6) is -0.0692. The highest BCUT2D eigenvalue weighted by Gasteiger charge is 2.21. The van der Waals surface area contributed by atoms with E-state index in [1.54, 1.807) is 29.2 Å². The predicted molar refractivity (Wildman–Crippen MR) is 73.9 cm³/mol. The maximum absolute atomic E-state index is 12.4. The average Bonchev–Trinajstić information content (AvgIpc) is 2.38. The second-order valence-electron chi connectivity index (χ2n) is 4.20. The van der Waals surface area contributed by atoms with Gasteiger partial charge in [-0.2, -0.15) is 0 Å². The van der Waals surface area contributed by atoms with E-state index < -0.39 is 0 Å². The minimum absolute atomic E-state index is 0.0250. The fourth-order valence-corrected chi connectivity index (χ4v) is 2.26. The monoisotopic (exact) mass is 269 g/mol. The Bertz CT molecular complexity index is 391. The zero-order chi connectivity index (χ0) is 13.5. The summed E-state index contributed by atoms with van der Waals surface area (Å²) in [5.41, 5.74) is 0.572. The maximum atomic E-state index is 12.4. The van der Waals surface area contributed by atoms with Gasteiger partial charge >= 0.3 is 0 Å². The van der Waals surface area contributed by atoms with E-state index in [1.165, 1.54) is 0 Å². The van der Waals surface area contributed by atoms with Crippen LogP contribution in [0.15, 0.2) is 24.3 Å². The van der Waals surface area contributed by atoms with Crippen molar-refractivity contribution in [3.8, 4) is 0 Å². The first-order chi connectivity index (χ1) is 8.63. The van der Waals surface area contributed by atoms with Gasteiger partial charge in [-0.3, -0.25) is 4.79 Å². The van der Waals surface area contributed by atoms with E-state index in [9.17, 15) is 4.79 Å². The van der Waals surface area contributed by atoms with Crippen LogP contribution in [-0.2, 0) is 0 Å². The molecule has 0 heterocycles. The summed E-state index contributed by atoms with van der Waals surface area (Å²) in [6, 6.07) is 7.08. The molecule has 0 saturated carbocycles. The van der Waals surface area contributed by atoms with E-state index in [4.69, 9.17) is 16.7 Å². The molecule has 4 heteroatoms. The Kier molecular flexibility index (Phi) is 6.16. The molecule has 18 heavy (non-hydrogen) atoms. The van der Waals surface area contributed by atoms with E-state index >= 15 is 0 Å². The van der Waals surface area contributed by atoms with Gasteiger partial charge in [-0.05, 0) is 31.0 Å². The number of hydrogen-bond acceptors (Lipinski definition) is 2. The van der Waals surface area contributed by atoms with Crippen LogP contribution in [0.4, 0.5) is 0 Å². The Morgan fingerprint density at radius 3 is 2.56 bits per heavy atom. The number of rotatable bonds is 6. The van der Waals surface area contributed by atoms with Gasteiger partial charge in [0.05, 0.1) is 6.61 Å². The lowest BCUT2D eigenvalue weighted by atomic mass is 10.1. The lowest BCUT2D eigenvalue weighted by Crippen LogP contribution is -2.41. The molecule has 1 aromatic rings. The Hall–Kier alpha value is -1.06. The smallest absolute Gasteiger partial charge is 0.254 e. The first-order valence-corrected chi connectivity index (χ1v) is 6.69. The summed E-state index contributed by atoms with van der Waals surface area (Å²) in [7, 11) is 0. The molecule has 0 spiro atoms. The van der Waals surface area contributed by atoms with Gasteiger partial charge in [0.2, 0.25) is 0 Å². The normalized spacial score (nSPS) is 10.7. The third kappa shape index (κ3) is 3.72. The summed E-state index contributed by atoms with van der Waals surface area (Å²) in [4.78, 5) is 14.1. The van der Waals surface area contributed by atoms with Gasteiger partial charge < -0.3 is 10.0 Å². The van der Waals surface area contributed by atoms with Crippen molar-refractivity contribution in [1.82, 2.24) is 4.90 Å². The van der Waals surface area contributed by atoms with E-state index in [1.807, 2.05) is 13.8 Å². The number of aliphatic hydroxyl groups is 1. The van der Waals surface area contributed by atoms with Crippen LogP contribution in [-0.4, -0.2) is 35.1 Å². The number of hydrogen-bond donors (Lipinski definition) is 1. The van der Waals surface area contributed by atoms with Crippen molar-refractivity contribution in [1.29, 1.82) is 0 Å². The Labute approximate surface area is 113 Å². The topological polar surface area (TPSA) is 40.5 Å². The van der Waals surface area contributed by atoms with Crippen molar-refractivity contribution in [3.05, 3.63) is 34.9 Å². The van der Waals surface area contributed by atoms with Gasteiger partial charge in [0.1, 0.15) is 0 Å². The number of benzene rings is 1. The zero-order valence-electron chi connectivity index (χ0n) is 10.9. The second kappa shape index (κ2) is 7.39. The number of nitrogens with zero attached hydrogens (tertiary/aromatic N) is 1. The van der Waals surface area contributed by atoms with Crippen LogP contribution in [0.5, 0.6) is 0 Å². The van der Waals surface area contributed by atoms with Crippen molar-refractivity contribution in [2.45, 2.75) is 32.7 Å². The van der Waals surface area contributed by atoms with Crippen LogP contribution in [0.2, 0.25) is 5.02 Å². The molecule has 100 valence electrons. The molecule has 1 N–H and O–H groups in total. The first-order valence-electron chi connectivity index (χ1n) is 6.31. The highest BCUT2D eigenvalue weighted by Crippen LogP contribution is 2.16. The molecule has 0 fully saturated rings. The molecule has 0 aliphatic carbocycles. The Morgan fingerprint density at radius 2 is 2.06 bits per heavy atom. The number of aliphatic hydroxyl groups excluding tert-OH is 1. The molecule has 0 aliphatic heterocycles. The minimum Gasteiger partial charge on any atom is -0.395 e. The highest BCUT2D eigenvalue weighted by atomic mass is 35.5. The van der Waals surface area contributed by atoms with Gasteiger partial charge in [0.15, 0.2) is 0 Å². The molecular formula is C14H20ClNO2. The van der Waals surface area contributed by atoms with Crippen LogP contribution in [0.1, 0.15) is 37.0 Å². The summed E-state index contributed by atoms with van der Waals surface area (Å²) >= 11 is 5.90. The van der Waals surface area contributed by atoms with E-state index in [2.05, 4.69) is 0 Å². The fraction of sp³-hybridized carbons (Fsp3) is 0.500. The quantitative estimate of drug-likeness (QED) is 0.863. The molecule has 0 saturated heterocycles. The largest absolute Gasteiger partial charge is 0.395 e. The predicted octanol–water partition coefficient (Wildman–Crippen LogP) is 2.96. The van der Waals surface area contributed by atoms with Crippen molar-refractivity contribution < 1.29 is 9.90 Å². The van der Waals surface area contributed by atoms with Crippen LogP contribution < -0.4 is 0 Å². The van der Waals surface area contributed by atoms with Crippen LogP contribution in [0.3, 0.4) is 0 Å². The van der Waals surface area contributed by atoms with E-state index in [0.717, 1.165) is 12.8 Å². The maximum Gasteiger partial charge on any atom is 0.254 e. The average molecular weight is 270 g/mol. The molecular weight excluding hydrogens is 250 g/mol. The second-order valence-corrected chi connectivity index (χ2v) is 4.64. The lowest BCUT2D eigenvalue weighted by Gasteiger charge is -2.30. The molecule has 0 aromatic heterocycles. The van der Waals surface area contributed by atoms with Crippen molar-refractivity contribution in [2.24, 2.45) is 0 Å². The first kappa shape index (κ1) is 15.0. The van der Waals surface area contributed by atoms with Gasteiger partial charge in [-0.25, -0.2) is 0 Å². The van der Waals surface area contributed by atoms with Gasteiger partial charge in [-0.15, -0.1) is 0 Å². The fourth-order valence-electron chi connectivity index (χ4n) is 2.07. The van der Waals surface area contributed by atoms with Crippen LogP contribution >= 0.6 is 11.6 Å². The molecule has 0 unspecified atom stereocenters. The number of amides is 1. The van der Waals surface area contributed by atoms with Crippen molar-refractivity contribution in [3.63, 3.8) is 0 Å². The molecule has 0 bridgehead atoms. The molecule has 1 amide bonds. The molecule has 3 nitrogen and oxygen atoms in total. The van der Waals surface area contributed by atoms with Crippen molar-refractivity contribution >= 4 is 17.5 Å². The standard InChI is InChI=1S/C14H20ClNO2/c1-3-13(4-2)16(8-9-17)14(18)11-6-5-7-12(15)10-11/h5-7,10,13,17H,3-4,8-9H2,1-2H3. The Balaban J connectivity index is 2.95. The summed E-state index contributed by atoms with van der Waals surface area (Å²) < 4.78 is 0. The van der Waals surface area contributed by atoms with Crippen LogP contribution in [0, 0.1) is 0 Å². The minimum atomic E-state index is -0.0692. The summed E-state index contributed by atoms with van der Waals surface area (Å²) in [5, 5.41) is 9.66. The molecule has 1 rings (SSSR count). The van der Waals surface area contributed by atoms with Crippen LogP contribution in [0.25, 0.3) is 0 Å². The molecule has 1 aromatic carbocycles. The lowest BCUT2D eigenvalue weighted by molar-refractivity contribution is 0.0622. The summed E-state index contributed by atoms with van der Waals surface area (Å²) in [6.45, 7) is 4.42. The molecule has 0 atom stereocenters. The number of carbonyl (C=O) groups is 1. The van der Waals surface area contributed by atoms with Gasteiger partial charge in [0, 0.05) is 23.2 Å². The van der Waals surface area contributed by atoms with Gasteiger partial charge in [-0.1, -0.05) is 31.5 Å².